The van der Waals surface area contributed by atoms with Crippen molar-refractivity contribution < 1.29 is 9.53 Å². The highest BCUT2D eigenvalue weighted by Crippen LogP contribution is 2.29. The van der Waals surface area contributed by atoms with Crippen molar-refractivity contribution in [2.24, 2.45) is 5.41 Å². The van der Waals surface area contributed by atoms with E-state index in [0.29, 0.717) is 32.6 Å². The third-order valence-electron chi connectivity index (χ3n) is 3.36. The van der Waals surface area contributed by atoms with Gasteiger partial charge in [-0.05, 0) is 30.5 Å². The second-order valence-electron chi connectivity index (χ2n) is 4.62. The Morgan fingerprint density at radius 3 is 2.58 bits per heavy atom. The second kappa shape index (κ2) is 6.18. The van der Waals surface area contributed by atoms with Crippen molar-refractivity contribution in [3.8, 4) is 6.07 Å². The molecule has 1 aliphatic rings. The molecule has 1 heterocycles. The zero-order valence-corrected chi connectivity index (χ0v) is 12.1. The lowest BCUT2D eigenvalue weighted by atomic mass is 9.81. The smallest absolute Gasteiger partial charge is 0.240 e. The van der Waals surface area contributed by atoms with Gasteiger partial charge in [-0.15, -0.1) is 0 Å². The molecule has 1 aliphatic heterocycles. The molecular formula is C14H15BrN2O2. The normalized spacial score (nSPS) is 17.5. The van der Waals surface area contributed by atoms with Gasteiger partial charge in [0.25, 0.3) is 0 Å². The summed E-state index contributed by atoms with van der Waals surface area (Å²) < 4.78 is 6.22. The van der Waals surface area contributed by atoms with Crippen LogP contribution in [0.3, 0.4) is 0 Å². The SMILES string of the molecule is N#CC1(C(=O)NCc2ccc(Br)cc2)CCOCC1. The fourth-order valence-electron chi connectivity index (χ4n) is 2.06. The molecule has 4 nitrogen and oxygen atoms in total. The van der Waals surface area contributed by atoms with Crippen LogP contribution in [0.5, 0.6) is 0 Å². The summed E-state index contributed by atoms with van der Waals surface area (Å²) in [6.07, 6.45) is 0.936. The minimum Gasteiger partial charge on any atom is -0.381 e. The molecule has 100 valence electrons. The number of nitriles is 1. The van der Waals surface area contributed by atoms with E-state index in [4.69, 9.17) is 4.74 Å². The molecule has 1 amide bonds. The minimum absolute atomic E-state index is 0.193. The van der Waals surface area contributed by atoms with Crippen LogP contribution in [0.2, 0.25) is 0 Å². The molecule has 1 aromatic carbocycles. The fraction of sp³-hybridized carbons (Fsp3) is 0.429. The number of hydrogen-bond donors (Lipinski definition) is 1. The molecule has 0 spiro atoms. The lowest BCUT2D eigenvalue weighted by Gasteiger charge is -2.29. The lowest BCUT2D eigenvalue weighted by molar-refractivity contribution is -0.132. The summed E-state index contributed by atoms with van der Waals surface area (Å²) >= 11 is 3.36. The van der Waals surface area contributed by atoms with Crippen molar-refractivity contribution in [1.82, 2.24) is 5.32 Å². The van der Waals surface area contributed by atoms with Gasteiger partial charge in [0.15, 0.2) is 0 Å². The van der Waals surface area contributed by atoms with E-state index in [9.17, 15) is 10.1 Å². The summed E-state index contributed by atoms with van der Waals surface area (Å²) in [6.45, 7) is 1.38. The molecule has 1 fully saturated rings. The fourth-order valence-corrected chi connectivity index (χ4v) is 2.33. The topological polar surface area (TPSA) is 62.1 Å². The molecule has 19 heavy (non-hydrogen) atoms. The van der Waals surface area contributed by atoms with Crippen LogP contribution < -0.4 is 5.32 Å². The number of benzene rings is 1. The molecule has 0 saturated carbocycles. The third-order valence-corrected chi connectivity index (χ3v) is 3.89. The monoisotopic (exact) mass is 322 g/mol. The maximum Gasteiger partial charge on any atom is 0.240 e. The Bertz CT molecular complexity index is 487. The molecular weight excluding hydrogens is 308 g/mol. The highest BCUT2D eigenvalue weighted by Gasteiger charge is 2.40. The molecule has 1 saturated heterocycles. The molecule has 2 rings (SSSR count). The maximum absolute atomic E-state index is 12.2. The number of nitrogens with zero attached hydrogens (tertiary/aromatic N) is 1. The third kappa shape index (κ3) is 3.34. The van der Waals surface area contributed by atoms with Gasteiger partial charge in [0.2, 0.25) is 5.91 Å². The van der Waals surface area contributed by atoms with Gasteiger partial charge >= 0.3 is 0 Å². The Labute approximate surface area is 120 Å². The zero-order valence-electron chi connectivity index (χ0n) is 10.5. The van der Waals surface area contributed by atoms with Crippen LogP contribution in [-0.2, 0) is 16.1 Å². The molecule has 1 aromatic rings. The van der Waals surface area contributed by atoms with Crippen molar-refractivity contribution in [1.29, 1.82) is 5.26 Å². The van der Waals surface area contributed by atoms with Crippen molar-refractivity contribution in [2.75, 3.05) is 13.2 Å². The standard InChI is InChI=1S/C14H15BrN2O2/c15-12-3-1-11(2-4-12)9-17-13(18)14(10-16)5-7-19-8-6-14/h1-4H,5-9H2,(H,17,18). The van der Waals surface area contributed by atoms with Crippen LogP contribution in [0.1, 0.15) is 18.4 Å². The molecule has 0 unspecified atom stereocenters. The summed E-state index contributed by atoms with van der Waals surface area (Å²) in [6, 6.07) is 9.89. The number of amides is 1. The van der Waals surface area contributed by atoms with Crippen LogP contribution in [0.4, 0.5) is 0 Å². The molecule has 0 atom stereocenters. The summed E-state index contributed by atoms with van der Waals surface area (Å²) in [7, 11) is 0. The van der Waals surface area contributed by atoms with Crippen LogP contribution in [-0.4, -0.2) is 19.1 Å². The predicted molar refractivity (Wildman–Crippen MR) is 74.1 cm³/mol. The Hall–Kier alpha value is -1.38. The van der Waals surface area contributed by atoms with Crippen LogP contribution in [0.15, 0.2) is 28.7 Å². The summed E-state index contributed by atoms with van der Waals surface area (Å²) in [5.74, 6) is -0.193. The van der Waals surface area contributed by atoms with E-state index < -0.39 is 5.41 Å². The minimum atomic E-state index is -0.923. The number of carbonyl (C=O) groups is 1. The molecule has 5 heteroatoms. The zero-order chi connectivity index (χ0) is 13.7. The van der Waals surface area contributed by atoms with Crippen LogP contribution in [0, 0.1) is 16.7 Å². The maximum atomic E-state index is 12.2. The Kier molecular flexibility index (Phi) is 4.56. The van der Waals surface area contributed by atoms with E-state index in [1.165, 1.54) is 0 Å². The molecule has 0 aliphatic carbocycles. The summed E-state index contributed by atoms with van der Waals surface area (Å²) in [4.78, 5) is 12.2. The van der Waals surface area contributed by atoms with E-state index >= 15 is 0 Å². The van der Waals surface area contributed by atoms with E-state index in [2.05, 4.69) is 27.3 Å². The van der Waals surface area contributed by atoms with E-state index in [-0.39, 0.29) is 5.91 Å². The van der Waals surface area contributed by atoms with Gasteiger partial charge < -0.3 is 10.1 Å². The van der Waals surface area contributed by atoms with Gasteiger partial charge in [-0.3, -0.25) is 4.79 Å². The Morgan fingerprint density at radius 1 is 1.37 bits per heavy atom. The van der Waals surface area contributed by atoms with Crippen LogP contribution >= 0.6 is 15.9 Å². The lowest BCUT2D eigenvalue weighted by Crippen LogP contribution is -2.43. The number of hydrogen-bond acceptors (Lipinski definition) is 3. The largest absolute Gasteiger partial charge is 0.381 e. The first-order valence-corrected chi connectivity index (χ1v) is 6.97. The van der Waals surface area contributed by atoms with Crippen molar-refractivity contribution in [3.05, 3.63) is 34.3 Å². The number of nitrogens with one attached hydrogen (secondary N) is 1. The Morgan fingerprint density at radius 2 is 2.00 bits per heavy atom. The van der Waals surface area contributed by atoms with E-state index in [0.717, 1.165) is 10.0 Å². The van der Waals surface area contributed by atoms with Gasteiger partial charge in [-0.1, -0.05) is 28.1 Å². The van der Waals surface area contributed by atoms with Crippen molar-refractivity contribution in [3.63, 3.8) is 0 Å². The van der Waals surface area contributed by atoms with Gasteiger partial charge in [0.1, 0.15) is 5.41 Å². The molecule has 1 N–H and O–H groups in total. The first-order valence-electron chi connectivity index (χ1n) is 6.18. The van der Waals surface area contributed by atoms with E-state index in [1.54, 1.807) is 0 Å². The van der Waals surface area contributed by atoms with E-state index in [1.807, 2.05) is 24.3 Å². The first kappa shape index (κ1) is 14.0. The van der Waals surface area contributed by atoms with Gasteiger partial charge in [0.05, 0.1) is 6.07 Å². The van der Waals surface area contributed by atoms with Crippen molar-refractivity contribution in [2.45, 2.75) is 19.4 Å². The first-order chi connectivity index (χ1) is 9.16. The molecule has 0 aromatic heterocycles. The van der Waals surface area contributed by atoms with Gasteiger partial charge in [0, 0.05) is 24.2 Å². The molecule has 0 bridgehead atoms. The molecule has 0 radical (unpaired) electrons. The average Bonchev–Trinajstić information content (AvgIpc) is 2.47. The second-order valence-corrected chi connectivity index (χ2v) is 5.53. The summed E-state index contributed by atoms with van der Waals surface area (Å²) in [5.41, 5.74) is 0.0878. The van der Waals surface area contributed by atoms with Gasteiger partial charge in [-0.2, -0.15) is 5.26 Å². The average molecular weight is 323 g/mol. The summed E-state index contributed by atoms with van der Waals surface area (Å²) in [5, 5.41) is 12.1. The van der Waals surface area contributed by atoms with Gasteiger partial charge in [-0.25, -0.2) is 0 Å². The Balaban J connectivity index is 1.96. The number of ether oxygens (including phenoxy) is 1. The number of carbonyl (C=O) groups excluding carboxylic acids is 1. The predicted octanol–water partition coefficient (Wildman–Crippen LogP) is 2.39. The van der Waals surface area contributed by atoms with Crippen LogP contribution in [0.25, 0.3) is 0 Å². The van der Waals surface area contributed by atoms with Crippen molar-refractivity contribution >= 4 is 21.8 Å². The quantitative estimate of drug-likeness (QED) is 0.929. The highest BCUT2D eigenvalue weighted by atomic mass is 79.9. The number of rotatable bonds is 3. The number of halogens is 1. The highest BCUT2D eigenvalue weighted by molar-refractivity contribution is 9.10.